The molecule has 1 unspecified atom stereocenters. The van der Waals surface area contributed by atoms with Crippen molar-refractivity contribution in [1.82, 2.24) is 10.3 Å². The molecule has 0 saturated heterocycles. The summed E-state index contributed by atoms with van der Waals surface area (Å²) < 4.78 is 5.68. The third kappa shape index (κ3) is 5.23. The maximum absolute atomic E-state index is 5.68. The second kappa shape index (κ2) is 8.93. The molecule has 1 aromatic heterocycles. The zero-order valence-corrected chi connectivity index (χ0v) is 13.7. The van der Waals surface area contributed by atoms with Gasteiger partial charge in [-0.1, -0.05) is 44.2 Å². The molecule has 0 aliphatic heterocycles. The van der Waals surface area contributed by atoms with Gasteiger partial charge in [0, 0.05) is 30.0 Å². The number of hydrogen-bond donors (Lipinski definition) is 1. The summed E-state index contributed by atoms with van der Waals surface area (Å²) >= 11 is 1.73. The summed E-state index contributed by atoms with van der Waals surface area (Å²) in [6, 6.07) is 10.7. The van der Waals surface area contributed by atoms with Gasteiger partial charge in [-0.15, -0.1) is 11.3 Å². The predicted octanol–water partition coefficient (Wildman–Crippen LogP) is 3.76. The number of nitrogens with one attached hydrogen (secondary N) is 1. The second-order valence-corrected chi connectivity index (χ2v) is 5.97. The Bertz CT molecular complexity index is 513. The molecule has 0 aliphatic rings. The first-order valence-electron chi connectivity index (χ1n) is 7.64. The average Bonchev–Trinajstić information content (AvgIpc) is 2.97. The normalized spacial score (nSPS) is 12.5. The Hall–Kier alpha value is -1.23. The van der Waals surface area contributed by atoms with Crippen LogP contribution in [0.5, 0.6) is 0 Å². The molecule has 1 atom stereocenters. The Balaban J connectivity index is 1.96. The van der Waals surface area contributed by atoms with Gasteiger partial charge in [0.05, 0.1) is 17.3 Å². The van der Waals surface area contributed by atoms with Gasteiger partial charge in [-0.05, 0) is 13.0 Å². The first-order valence-corrected chi connectivity index (χ1v) is 8.52. The number of hydrogen-bond acceptors (Lipinski definition) is 4. The minimum atomic E-state index is 0.344. The highest BCUT2D eigenvalue weighted by Crippen LogP contribution is 2.22. The molecular formula is C17H24N2OS. The molecule has 3 nitrogen and oxygen atoms in total. The van der Waals surface area contributed by atoms with Crippen molar-refractivity contribution in [3.05, 3.63) is 40.7 Å². The van der Waals surface area contributed by atoms with Gasteiger partial charge in [-0.25, -0.2) is 4.98 Å². The van der Waals surface area contributed by atoms with Crippen LogP contribution < -0.4 is 5.32 Å². The third-order valence-electron chi connectivity index (χ3n) is 3.20. The highest BCUT2D eigenvalue weighted by molar-refractivity contribution is 7.09. The first-order chi connectivity index (χ1) is 10.3. The van der Waals surface area contributed by atoms with Crippen molar-refractivity contribution in [2.45, 2.75) is 32.7 Å². The average molecular weight is 304 g/mol. The van der Waals surface area contributed by atoms with Gasteiger partial charge >= 0.3 is 0 Å². The van der Waals surface area contributed by atoms with Crippen LogP contribution in [0.1, 0.15) is 25.3 Å². The van der Waals surface area contributed by atoms with Crippen molar-refractivity contribution >= 4 is 11.3 Å². The zero-order valence-electron chi connectivity index (χ0n) is 12.8. The van der Waals surface area contributed by atoms with Crippen molar-refractivity contribution < 1.29 is 4.74 Å². The maximum Gasteiger partial charge on any atom is 0.0949 e. The number of thiazole rings is 1. The van der Waals surface area contributed by atoms with Crippen LogP contribution in [0, 0.1) is 0 Å². The van der Waals surface area contributed by atoms with Crippen LogP contribution in [0.3, 0.4) is 0 Å². The van der Waals surface area contributed by atoms with E-state index in [9.17, 15) is 0 Å². The van der Waals surface area contributed by atoms with Crippen LogP contribution in [0.4, 0.5) is 0 Å². The topological polar surface area (TPSA) is 34.1 Å². The quantitative estimate of drug-likeness (QED) is 0.716. The van der Waals surface area contributed by atoms with E-state index in [-0.39, 0.29) is 0 Å². The molecule has 1 heterocycles. The molecule has 0 fully saturated rings. The molecule has 0 aliphatic carbocycles. The van der Waals surface area contributed by atoms with Crippen molar-refractivity contribution in [3.63, 3.8) is 0 Å². The highest BCUT2D eigenvalue weighted by atomic mass is 32.1. The van der Waals surface area contributed by atoms with Crippen LogP contribution in [-0.2, 0) is 11.2 Å². The molecule has 4 heteroatoms. The van der Waals surface area contributed by atoms with Crippen LogP contribution in [0.2, 0.25) is 0 Å². The first kappa shape index (κ1) is 16.1. The largest absolute Gasteiger partial charge is 0.380 e. The van der Waals surface area contributed by atoms with Gasteiger partial charge in [0.15, 0.2) is 0 Å². The van der Waals surface area contributed by atoms with E-state index in [1.807, 2.05) is 18.2 Å². The number of rotatable bonds is 9. The number of aromatic nitrogens is 1. The molecular weight excluding hydrogens is 280 g/mol. The van der Waals surface area contributed by atoms with E-state index >= 15 is 0 Å². The second-order valence-electron chi connectivity index (χ2n) is 5.03. The molecule has 0 radical (unpaired) electrons. The Morgan fingerprint density at radius 3 is 2.76 bits per heavy atom. The SMILES string of the molecule is CCCOCC(Cc1nc(-c2ccccc2)cs1)NCC. The standard InChI is InChI=1S/C17H24N2OS/c1-3-10-20-12-15(18-4-2)11-17-19-16(13-21-17)14-8-6-5-7-9-14/h5-9,13,15,18H,3-4,10-12H2,1-2H3. The summed E-state index contributed by atoms with van der Waals surface area (Å²) in [6.07, 6.45) is 1.99. The monoisotopic (exact) mass is 304 g/mol. The Labute approximate surface area is 131 Å². The van der Waals surface area contributed by atoms with Gasteiger partial charge in [-0.2, -0.15) is 0 Å². The zero-order chi connectivity index (χ0) is 14.9. The van der Waals surface area contributed by atoms with Crippen molar-refractivity contribution in [2.75, 3.05) is 19.8 Å². The summed E-state index contributed by atoms with van der Waals surface area (Å²) in [7, 11) is 0. The smallest absolute Gasteiger partial charge is 0.0949 e. The molecule has 1 aromatic carbocycles. The number of nitrogens with zero attached hydrogens (tertiary/aromatic N) is 1. The third-order valence-corrected chi connectivity index (χ3v) is 4.07. The molecule has 0 bridgehead atoms. The predicted molar refractivity (Wildman–Crippen MR) is 89.8 cm³/mol. The van der Waals surface area contributed by atoms with Crippen LogP contribution in [0.15, 0.2) is 35.7 Å². The molecule has 0 saturated carbocycles. The molecule has 0 amide bonds. The van der Waals surface area contributed by atoms with Crippen molar-refractivity contribution in [1.29, 1.82) is 0 Å². The van der Waals surface area contributed by atoms with E-state index in [4.69, 9.17) is 9.72 Å². The maximum atomic E-state index is 5.68. The van der Waals surface area contributed by atoms with Crippen LogP contribution >= 0.6 is 11.3 Å². The van der Waals surface area contributed by atoms with E-state index in [0.717, 1.165) is 38.3 Å². The van der Waals surface area contributed by atoms with Crippen LogP contribution in [-0.4, -0.2) is 30.8 Å². The number of benzene rings is 1. The Kier molecular flexibility index (Phi) is 6.86. The van der Waals surface area contributed by atoms with Gasteiger partial charge < -0.3 is 10.1 Å². The summed E-state index contributed by atoms with van der Waals surface area (Å²) in [4.78, 5) is 4.75. The van der Waals surface area contributed by atoms with E-state index in [0.29, 0.717) is 6.04 Å². The van der Waals surface area contributed by atoms with Gasteiger partial charge in [0.25, 0.3) is 0 Å². The molecule has 114 valence electrons. The summed E-state index contributed by atoms with van der Waals surface area (Å²) in [5.41, 5.74) is 2.25. The lowest BCUT2D eigenvalue weighted by Gasteiger charge is -2.16. The summed E-state index contributed by atoms with van der Waals surface area (Å²) in [6.45, 7) is 6.80. The molecule has 0 spiro atoms. The fraction of sp³-hybridized carbons (Fsp3) is 0.471. The lowest BCUT2D eigenvalue weighted by atomic mass is 10.2. The van der Waals surface area contributed by atoms with E-state index in [1.165, 1.54) is 10.6 Å². The van der Waals surface area contributed by atoms with Crippen molar-refractivity contribution in [2.24, 2.45) is 0 Å². The summed E-state index contributed by atoms with van der Waals surface area (Å²) in [5.74, 6) is 0. The highest BCUT2D eigenvalue weighted by Gasteiger charge is 2.12. The lowest BCUT2D eigenvalue weighted by molar-refractivity contribution is 0.112. The lowest BCUT2D eigenvalue weighted by Crippen LogP contribution is -2.35. The molecule has 2 rings (SSSR count). The molecule has 2 aromatic rings. The number of likely N-dealkylation sites (N-methyl/N-ethyl adjacent to an activating group) is 1. The fourth-order valence-electron chi connectivity index (χ4n) is 2.21. The van der Waals surface area contributed by atoms with Gasteiger partial charge in [-0.3, -0.25) is 0 Å². The summed E-state index contributed by atoms with van der Waals surface area (Å²) in [5, 5.41) is 6.79. The fourth-order valence-corrected chi connectivity index (χ4v) is 3.09. The van der Waals surface area contributed by atoms with Crippen LogP contribution in [0.25, 0.3) is 11.3 Å². The number of ether oxygens (including phenoxy) is 1. The molecule has 1 N–H and O–H groups in total. The minimum absolute atomic E-state index is 0.344. The van der Waals surface area contributed by atoms with E-state index in [1.54, 1.807) is 11.3 Å². The Morgan fingerprint density at radius 2 is 2.05 bits per heavy atom. The van der Waals surface area contributed by atoms with Crippen molar-refractivity contribution in [3.8, 4) is 11.3 Å². The molecule has 21 heavy (non-hydrogen) atoms. The van der Waals surface area contributed by atoms with E-state index < -0.39 is 0 Å². The minimum Gasteiger partial charge on any atom is -0.380 e. The van der Waals surface area contributed by atoms with Gasteiger partial charge in [0.2, 0.25) is 0 Å². The Morgan fingerprint density at radius 1 is 1.24 bits per heavy atom. The van der Waals surface area contributed by atoms with Gasteiger partial charge in [0.1, 0.15) is 0 Å². The van der Waals surface area contributed by atoms with E-state index in [2.05, 4.69) is 36.7 Å².